The lowest BCUT2D eigenvalue weighted by atomic mass is 10.0. The first kappa shape index (κ1) is 29.3. The maximum absolute atomic E-state index is 13.1. The number of nitriles is 2. The molecule has 1 amide bonds. The molecular weight excluding hydrogens is 526 g/mol. The quantitative estimate of drug-likeness (QED) is 0.389. The van der Waals surface area contributed by atoms with Gasteiger partial charge in [0.05, 0.1) is 29.2 Å². The summed E-state index contributed by atoms with van der Waals surface area (Å²) in [7, 11) is -3.95. The van der Waals surface area contributed by atoms with Crippen LogP contribution in [0.4, 0.5) is 5.00 Å². The number of ether oxygens (including phenoxy) is 1. The number of hydrogen-bond donors (Lipinski definition) is 1. The fraction of sp³-hybridized carbons (Fsp3) is 0.462. The number of nitrogens with one attached hydrogen (secondary N) is 1. The van der Waals surface area contributed by atoms with Crippen LogP contribution in [-0.4, -0.2) is 62.3 Å². The first-order valence-electron chi connectivity index (χ1n) is 12.5. The van der Waals surface area contributed by atoms with Crippen LogP contribution in [0.2, 0.25) is 0 Å². The van der Waals surface area contributed by atoms with Crippen molar-refractivity contribution in [1.82, 2.24) is 9.21 Å². The van der Waals surface area contributed by atoms with Gasteiger partial charge < -0.3 is 10.1 Å². The zero-order valence-corrected chi connectivity index (χ0v) is 23.2. The highest BCUT2D eigenvalue weighted by Gasteiger charge is 2.30. The van der Waals surface area contributed by atoms with E-state index in [4.69, 9.17) is 15.3 Å². The second kappa shape index (κ2) is 13.5. The van der Waals surface area contributed by atoms with E-state index in [0.717, 1.165) is 34.3 Å². The Hall–Kier alpha value is -3.29. The lowest BCUT2D eigenvalue weighted by Gasteiger charge is -2.26. The minimum Gasteiger partial charge on any atom is -0.462 e. The van der Waals surface area contributed by atoms with Crippen molar-refractivity contribution in [3.8, 4) is 12.1 Å². The van der Waals surface area contributed by atoms with Gasteiger partial charge in [0.1, 0.15) is 5.00 Å². The van der Waals surface area contributed by atoms with Gasteiger partial charge in [-0.3, -0.25) is 9.69 Å². The Kier molecular flexibility index (Phi) is 10.4. The number of hydrogen-bond acceptors (Lipinski definition) is 9. The van der Waals surface area contributed by atoms with E-state index in [1.54, 1.807) is 6.92 Å². The third-order valence-electron chi connectivity index (χ3n) is 6.08. The fourth-order valence-corrected chi connectivity index (χ4v) is 6.99. The molecule has 0 saturated heterocycles. The summed E-state index contributed by atoms with van der Waals surface area (Å²) in [5, 5.41) is 21.0. The Morgan fingerprint density at radius 3 is 2.37 bits per heavy atom. The van der Waals surface area contributed by atoms with Crippen molar-refractivity contribution in [1.29, 1.82) is 10.5 Å². The van der Waals surface area contributed by atoms with Crippen LogP contribution in [0.1, 0.15) is 64.3 Å². The molecule has 0 saturated carbocycles. The number of amides is 1. The molecule has 0 spiro atoms. The van der Waals surface area contributed by atoms with Crippen LogP contribution >= 0.6 is 11.3 Å². The molecule has 0 bridgehead atoms. The molecule has 0 aliphatic carbocycles. The van der Waals surface area contributed by atoms with Gasteiger partial charge in [-0.2, -0.15) is 14.8 Å². The number of benzene rings is 1. The minimum atomic E-state index is -3.95. The zero-order chi connectivity index (χ0) is 27.7. The predicted molar refractivity (Wildman–Crippen MR) is 143 cm³/mol. The Labute approximate surface area is 227 Å². The average molecular weight is 558 g/mol. The zero-order valence-electron chi connectivity index (χ0n) is 21.5. The molecule has 1 aromatic carbocycles. The van der Waals surface area contributed by atoms with Gasteiger partial charge in [0.15, 0.2) is 0 Å². The summed E-state index contributed by atoms with van der Waals surface area (Å²) >= 11 is 1.37. The Balaban J connectivity index is 1.84. The van der Waals surface area contributed by atoms with E-state index in [1.165, 1.54) is 35.6 Å². The molecule has 2 heterocycles. The number of nitrogens with zero attached hydrogens (tertiary/aromatic N) is 4. The largest absolute Gasteiger partial charge is 0.462 e. The van der Waals surface area contributed by atoms with Crippen LogP contribution in [0.25, 0.3) is 0 Å². The van der Waals surface area contributed by atoms with Crippen molar-refractivity contribution in [2.24, 2.45) is 0 Å². The molecule has 1 aliphatic heterocycles. The SMILES string of the molecule is CCCN1CCc2c(sc(NC(=O)c3ccc(S(=O)(=O)N(CCC#N)CCC#N)cc3)c2C(=O)OCC)C1. The van der Waals surface area contributed by atoms with Crippen LogP contribution in [-0.2, 0) is 27.7 Å². The minimum absolute atomic E-state index is 0.00502. The van der Waals surface area contributed by atoms with Crippen molar-refractivity contribution in [3.05, 3.63) is 45.8 Å². The maximum Gasteiger partial charge on any atom is 0.341 e. The first-order valence-corrected chi connectivity index (χ1v) is 14.7. The highest BCUT2D eigenvalue weighted by molar-refractivity contribution is 7.89. The molecule has 0 radical (unpaired) electrons. The highest BCUT2D eigenvalue weighted by Crippen LogP contribution is 2.38. The van der Waals surface area contributed by atoms with E-state index in [9.17, 15) is 18.0 Å². The summed E-state index contributed by atoms with van der Waals surface area (Å²) in [5.41, 5.74) is 1.52. The molecule has 3 rings (SSSR count). The molecule has 0 unspecified atom stereocenters. The van der Waals surface area contributed by atoms with Crippen LogP contribution in [0.15, 0.2) is 29.2 Å². The lowest BCUT2D eigenvalue weighted by Crippen LogP contribution is -2.32. The molecule has 2 aromatic rings. The molecule has 38 heavy (non-hydrogen) atoms. The Morgan fingerprint density at radius 1 is 1.13 bits per heavy atom. The summed E-state index contributed by atoms with van der Waals surface area (Å²) in [4.78, 5) is 29.2. The monoisotopic (exact) mass is 557 g/mol. The van der Waals surface area contributed by atoms with Crippen LogP contribution in [0.3, 0.4) is 0 Å². The van der Waals surface area contributed by atoms with E-state index in [0.29, 0.717) is 23.5 Å². The summed E-state index contributed by atoms with van der Waals surface area (Å²) in [6, 6.07) is 9.28. The van der Waals surface area contributed by atoms with Gasteiger partial charge in [-0.25, -0.2) is 13.2 Å². The molecule has 0 fully saturated rings. The molecule has 1 N–H and O–H groups in total. The van der Waals surface area contributed by atoms with Crippen LogP contribution in [0.5, 0.6) is 0 Å². The predicted octanol–water partition coefficient (Wildman–Crippen LogP) is 3.76. The molecule has 202 valence electrons. The summed E-state index contributed by atoms with van der Waals surface area (Å²) in [6.45, 7) is 6.49. The summed E-state index contributed by atoms with van der Waals surface area (Å²) < 4.78 is 32.4. The topological polar surface area (TPSA) is 144 Å². The lowest BCUT2D eigenvalue weighted by molar-refractivity contribution is 0.0526. The molecule has 0 atom stereocenters. The maximum atomic E-state index is 13.1. The van der Waals surface area contributed by atoms with Crippen molar-refractivity contribution in [2.75, 3.05) is 38.1 Å². The number of esters is 1. The molecule has 12 heteroatoms. The molecule has 1 aliphatic rings. The van der Waals surface area contributed by atoms with Crippen molar-refractivity contribution in [2.45, 2.75) is 51.0 Å². The van der Waals surface area contributed by atoms with Gasteiger partial charge in [-0.1, -0.05) is 6.92 Å². The number of carbonyl (C=O) groups excluding carboxylic acids is 2. The molecular formula is C26H31N5O5S2. The number of carbonyl (C=O) groups is 2. The Bertz CT molecular complexity index is 1320. The number of rotatable bonds is 12. The number of sulfonamides is 1. The number of thiophene rings is 1. The van der Waals surface area contributed by atoms with Crippen molar-refractivity contribution < 1.29 is 22.7 Å². The van der Waals surface area contributed by atoms with Gasteiger partial charge in [-0.05, 0) is 56.1 Å². The first-order chi connectivity index (χ1) is 18.3. The van der Waals surface area contributed by atoms with E-state index in [-0.39, 0.29) is 43.0 Å². The van der Waals surface area contributed by atoms with Gasteiger partial charge in [0.2, 0.25) is 10.0 Å². The fourth-order valence-electron chi connectivity index (χ4n) is 4.27. The van der Waals surface area contributed by atoms with Gasteiger partial charge in [0.25, 0.3) is 5.91 Å². The highest BCUT2D eigenvalue weighted by atomic mass is 32.2. The second-order valence-corrected chi connectivity index (χ2v) is 11.7. The Morgan fingerprint density at radius 2 is 1.79 bits per heavy atom. The summed E-state index contributed by atoms with van der Waals surface area (Å²) in [5.74, 6) is -0.949. The van der Waals surface area contributed by atoms with Gasteiger partial charge >= 0.3 is 5.97 Å². The van der Waals surface area contributed by atoms with Crippen molar-refractivity contribution in [3.63, 3.8) is 0 Å². The average Bonchev–Trinajstić information content (AvgIpc) is 3.26. The smallest absolute Gasteiger partial charge is 0.341 e. The van der Waals surface area contributed by atoms with Crippen LogP contribution in [0, 0.1) is 22.7 Å². The normalized spacial score (nSPS) is 13.4. The number of anilines is 1. The molecule has 10 nitrogen and oxygen atoms in total. The van der Waals surface area contributed by atoms with E-state index in [1.807, 2.05) is 12.1 Å². The number of fused-ring (bicyclic) bond motifs is 1. The van der Waals surface area contributed by atoms with E-state index < -0.39 is 21.9 Å². The van der Waals surface area contributed by atoms with E-state index >= 15 is 0 Å². The van der Waals surface area contributed by atoms with Crippen LogP contribution < -0.4 is 5.32 Å². The second-order valence-electron chi connectivity index (χ2n) is 8.65. The van der Waals surface area contributed by atoms with Gasteiger partial charge in [0, 0.05) is 49.5 Å². The van der Waals surface area contributed by atoms with Gasteiger partial charge in [-0.15, -0.1) is 11.3 Å². The molecule has 1 aromatic heterocycles. The van der Waals surface area contributed by atoms with Crippen molar-refractivity contribution >= 4 is 38.2 Å². The van der Waals surface area contributed by atoms with E-state index in [2.05, 4.69) is 17.1 Å². The third-order valence-corrected chi connectivity index (χ3v) is 9.13. The summed E-state index contributed by atoms with van der Waals surface area (Å²) in [6.07, 6.45) is 1.70. The standard InChI is InChI=1S/C26H31N5O5S2/c1-3-14-30-17-11-21-22(18-30)37-25(23(21)26(33)36-4-2)29-24(32)19-7-9-20(10-8-19)38(34,35)31(15-5-12-27)16-6-13-28/h7-10H,3-6,11,14-18H2,1-2H3,(H,29,32). The third kappa shape index (κ3) is 6.77.